The van der Waals surface area contributed by atoms with Crippen molar-refractivity contribution in [3.8, 4) is 0 Å². The summed E-state index contributed by atoms with van der Waals surface area (Å²) in [5, 5.41) is 5.46. The summed E-state index contributed by atoms with van der Waals surface area (Å²) in [4.78, 5) is 24.7. The van der Waals surface area contributed by atoms with Gasteiger partial charge in [0, 0.05) is 31.3 Å². The van der Waals surface area contributed by atoms with E-state index < -0.39 is 0 Å². The lowest BCUT2D eigenvalue weighted by Crippen LogP contribution is -2.31. The Hall–Kier alpha value is -1.88. The van der Waals surface area contributed by atoms with E-state index in [2.05, 4.69) is 10.6 Å². The van der Waals surface area contributed by atoms with Crippen LogP contribution in [-0.2, 0) is 4.79 Å². The molecule has 0 aliphatic heterocycles. The second-order valence-electron chi connectivity index (χ2n) is 4.32. The van der Waals surface area contributed by atoms with Crippen LogP contribution in [0.5, 0.6) is 0 Å². The number of anilines is 1. The van der Waals surface area contributed by atoms with Crippen LogP contribution in [0.3, 0.4) is 0 Å². The molecule has 5 nitrogen and oxygen atoms in total. The van der Waals surface area contributed by atoms with Crippen LogP contribution in [0.4, 0.5) is 5.69 Å². The Balaban J connectivity index is 2.59. The fraction of sp³-hybridized carbons (Fsp3) is 0.385. The van der Waals surface area contributed by atoms with Crippen molar-refractivity contribution in [1.82, 2.24) is 10.2 Å². The topological polar surface area (TPSA) is 61.4 Å². The van der Waals surface area contributed by atoms with Crippen molar-refractivity contribution in [3.63, 3.8) is 0 Å². The third kappa shape index (κ3) is 4.97. The molecule has 98 valence electrons. The zero-order valence-electron chi connectivity index (χ0n) is 11.0. The van der Waals surface area contributed by atoms with Crippen LogP contribution in [0.2, 0.25) is 0 Å². The van der Waals surface area contributed by atoms with Crippen molar-refractivity contribution < 1.29 is 9.59 Å². The van der Waals surface area contributed by atoms with Gasteiger partial charge in [-0.1, -0.05) is 6.07 Å². The predicted molar refractivity (Wildman–Crippen MR) is 71.6 cm³/mol. The molecule has 1 aromatic carbocycles. The predicted octanol–water partition coefficient (Wildman–Crippen LogP) is 0.936. The Morgan fingerprint density at radius 2 is 2.00 bits per heavy atom. The van der Waals surface area contributed by atoms with E-state index in [-0.39, 0.29) is 11.8 Å². The molecule has 0 radical (unpaired) electrons. The van der Waals surface area contributed by atoms with Crippen molar-refractivity contribution in [2.24, 2.45) is 0 Å². The molecular formula is C13H19N3O2. The van der Waals surface area contributed by atoms with E-state index in [1.807, 2.05) is 19.0 Å². The number of amides is 2. The SMILES string of the molecule is CC(=O)Nc1cccc(C(=O)NCCN(C)C)c1. The highest BCUT2D eigenvalue weighted by atomic mass is 16.2. The highest BCUT2D eigenvalue weighted by Gasteiger charge is 2.06. The number of hydrogen-bond donors (Lipinski definition) is 2. The fourth-order valence-electron chi connectivity index (χ4n) is 1.44. The molecule has 0 spiro atoms. The lowest BCUT2D eigenvalue weighted by atomic mass is 10.2. The van der Waals surface area contributed by atoms with Crippen LogP contribution in [-0.4, -0.2) is 43.9 Å². The van der Waals surface area contributed by atoms with Gasteiger partial charge in [0.2, 0.25) is 5.91 Å². The van der Waals surface area contributed by atoms with Crippen molar-refractivity contribution >= 4 is 17.5 Å². The van der Waals surface area contributed by atoms with Gasteiger partial charge in [-0.25, -0.2) is 0 Å². The second kappa shape index (κ2) is 6.76. The van der Waals surface area contributed by atoms with E-state index in [0.29, 0.717) is 17.8 Å². The van der Waals surface area contributed by atoms with Crippen molar-refractivity contribution in [3.05, 3.63) is 29.8 Å². The van der Waals surface area contributed by atoms with E-state index in [9.17, 15) is 9.59 Å². The number of benzene rings is 1. The molecule has 0 heterocycles. The molecular weight excluding hydrogens is 230 g/mol. The van der Waals surface area contributed by atoms with Gasteiger partial charge in [0.05, 0.1) is 0 Å². The fourth-order valence-corrected chi connectivity index (χ4v) is 1.44. The lowest BCUT2D eigenvalue weighted by molar-refractivity contribution is -0.114. The molecule has 2 N–H and O–H groups in total. The van der Waals surface area contributed by atoms with Crippen LogP contribution in [0.25, 0.3) is 0 Å². The summed E-state index contributed by atoms with van der Waals surface area (Å²) in [5.41, 5.74) is 1.17. The molecule has 0 aliphatic rings. The Bertz CT molecular complexity index is 430. The van der Waals surface area contributed by atoms with Crippen molar-refractivity contribution in [2.75, 3.05) is 32.5 Å². The summed E-state index contributed by atoms with van der Waals surface area (Å²) in [6.45, 7) is 2.82. The minimum absolute atomic E-state index is 0.135. The van der Waals surface area contributed by atoms with Gasteiger partial charge in [0.1, 0.15) is 0 Å². The molecule has 0 aromatic heterocycles. The van der Waals surface area contributed by atoms with E-state index in [1.165, 1.54) is 6.92 Å². The van der Waals surface area contributed by atoms with Crippen LogP contribution in [0.1, 0.15) is 17.3 Å². The first-order chi connectivity index (χ1) is 8.49. The minimum atomic E-state index is -0.153. The third-order valence-electron chi connectivity index (χ3n) is 2.29. The van der Waals surface area contributed by atoms with Crippen LogP contribution in [0.15, 0.2) is 24.3 Å². The molecule has 0 bridgehead atoms. The molecule has 0 unspecified atom stereocenters. The number of carbonyl (C=O) groups is 2. The Labute approximate surface area is 107 Å². The van der Waals surface area contributed by atoms with Gasteiger partial charge in [-0.3, -0.25) is 9.59 Å². The number of nitrogens with one attached hydrogen (secondary N) is 2. The maximum atomic E-state index is 11.8. The van der Waals surface area contributed by atoms with Crippen molar-refractivity contribution in [2.45, 2.75) is 6.92 Å². The summed E-state index contributed by atoms with van der Waals surface area (Å²) >= 11 is 0. The zero-order valence-corrected chi connectivity index (χ0v) is 11.0. The average Bonchev–Trinajstić information content (AvgIpc) is 2.27. The minimum Gasteiger partial charge on any atom is -0.351 e. The smallest absolute Gasteiger partial charge is 0.251 e. The van der Waals surface area contributed by atoms with Gasteiger partial charge in [-0.15, -0.1) is 0 Å². The first-order valence-electron chi connectivity index (χ1n) is 5.79. The number of rotatable bonds is 5. The molecule has 0 saturated heterocycles. The highest BCUT2D eigenvalue weighted by Crippen LogP contribution is 2.10. The van der Waals surface area contributed by atoms with Gasteiger partial charge < -0.3 is 15.5 Å². The van der Waals surface area contributed by atoms with Crippen LogP contribution < -0.4 is 10.6 Å². The number of likely N-dealkylation sites (N-methyl/N-ethyl adjacent to an activating group) is 1. The van der Waals surface area contributed by atoms with Gasteiger partial charge in [0.15, 0.2) is 0 Å². The monoisotopic (exact) mass is 249 g/mol. The summed E-state index contributed by atoms with van der Waals surface area (Å²) in [5.74, 6) is -0.288. The van der Waals surface area contributed by atoms with Gasteiger partial charge in [-0.05, 0) is 32.3 Å². The summed E-state index contributed by atoms with van der Waals surface area (Å²) in [6, 6.07) is 6.87. The van der Waals surface area contributed by atoms with E-state index in [4.69, 9.17) is 0 Å². The Morgan fingerprint density at radius 3 is 2.61 bits per heavy atom. The van der Waals surface area contributed by atoms with Crippen LogP contribution >= 0.6 is 0 Å². The normalized spacial score (nSPS) is 10.2. The highest BCUT2D eigenvalue weighted by molar-refractivity contribution is 5.96. The molecule has 5 heteroatoms. The number of carbonyl (C=O) groups excluding carboxylic acids is 2. The quantitative estimate of drug-likeness (QED) is 0.816. The molecule has 18 heavy (non-hydrogen) atoms. The summed E-state index contributed by atoms with van der Waals surface area (Å²) < 4.78 is 0. The van der Waals surface area contributed by atoms with Gasteiger partial charge >= 0.3 is 0 Å². The molecule has 2 amide bonds. The molecule has 0 saturated carbocycles. The zero-order chi connectivity index (χ0) is 13.5. The number of nitrogens with zero attached hydrogens (tertiary/aromatic N) is 1. The lowest BCUT2D eigenvalue weighted by Gasteiger charge is -2.11. The Kier molecular flexibility index (Phi) is 5.32. The van der Waals surface area contributed by atoms with Gasteiger partial charge in [-0.2, -0.15) is 0 Å². The maximum absolute atomic E-state index is 11.8. The molecule has 0 aliphatic carbocycles. The van der Waals surface area contributed by atoms with Crippen molar-refractivity contribution in [1.29, 1.82) is 0 Å². The van der Waals surface area contributed by atoms with E-state index >= 15 is 0 Å². The van der Waals surface area contributed by atoms with Crippen LogP contribution in [0, 0.1) is 0 Å². The first kappa shape index (κ1) is 14.2. The molecule has 1 rings (SSSR count). The summed E-state index contributed by atoms with van der Waals surface area (Å²) in [6.07, 6.45) is 0. The van der Waals surface area contributed by atoms with E-state index in [1.54, 1.807) is 24.3 Å². The Morgan fingerprint density at radius 1 is 1.28 bits per heavy atom. The number of hydrogen-bond acceptors (Lipinski definition) is 3. The average molecular weight is 249 g/mol. The second-order valence-corrected chi connectivity index (χ2v) is 4.32. The summed E-state index contributed by atoms with van der Waals surface area (Å²) in [7, 11) is 3.90. The van der Waals surface area contributed by atoms with Gasteiger partial charge in [0.25, 0.3) is 5.91 Å². The maximum Gasteiger partial charge on any atom is 0.251 e. The molecule has 1 aromatic rings. The standard InChI is InChI=1S/C13H19N3O2/c1-10(17)15-12-6-4-5-11(9-12)13(18)14-7-8-16(2)3/h4-6,9H,7-8H2,1-3H3,(H,14,18)(H,15,17). The first-order valence-corrected chi connectivity index (χ1v) is 5.79. The third-order valence-corrected chi connectivity index (χ3v) is 2.29. The molecule has 0 fully saturated rings. The molecule has 0 atom stereocenters. The van der Waals surface area contributed by atoms with E-state index in [0.717, 1.165) is 6.54 Å². The largest absolute Gasteiger partial charge is 0.351 e.